The summed E-state index contributed by atoms with van der Waals surface area (Å²) >= 11 is 0. The zero-order chi connectivity index (χ0) is 13.7. The predicted molar refractivity (Wildman–Crippen MR) is 78.4 cm³/mol. The fourth-order valence-corrected chi connectivity index (χ4v) is 2.77. The molecule has 104 valence electrons. The van der Waals surface area contributed by atoms with Gasteiger partial charge in [0.15, 0.2) is 0 Å². The summed E-state index contributed by atoms with van der Waals surface area (Å²) in [4.78, 5) is 14.7. The van der Waals surface area contributed by atoms with Crippen molar-refractivity contribution in [2.45, 2.75) is 39.2 Å². The molecule has 2 rings (SSSR count). The summed E-state index contributed by atoms with van der Waals surface area (Å²) in [6.45, 7) is 7.29. The van der Waals surface area contributed by atoms with E-state index in [0.717, 1.165) is 24.1 Å². The Hall–Kier alpha value is -1.35. The van der Waals surface area contributed by atoms with Gasteiger partial charge in [-0.3, -0.25) is 9.69 Å². The van der Waals surface area contributed by atoms with Gasteiger partial charge in [-0.25, -0.2) is 0 Å². The van der Waals surface area contributed by atoms with Crippen molar-refractivity contribution >= 4 is 5.91 Å². The second-order valence-electron chi connectivity index (χ2n) is 5.33. The average Bonchev–Trinajstić information content (AvgIpc) is 2.94. The fourth-order valence-electron chi connectivity index (χ4n) is 2.77. The number of aryl methyl sites for hydroxylation is 1. The van der Waals surface area contributed by atoms with Crippen molar-refractivity contribution in [2.75, 3.05) is 19.6 Å². The summed E-state index contributed by atoms with van der Waals surface area (Å²) in [6, 6.07) is 8.23. The van der Waals surface area contributed by atoms with Gasteiger partial charge in [0.2, 0.25) is 0 Å². The van der Waals surface area contributed by atoms with Crippen molar-refractivity contribution < 1.29 is 4.79 Å². The Morgan fingerprint density at radius 2 is 2.00 bits per heavy atom. The summed E-state index contributed by atoms with van der Waals surface area (Å²) < 4.78 is 0. The summed E-state index contributed by atoms with van der Waals surface area (Å²) in [6.07, 6.45) is 3.68. The summed E-state index contributed by atoms with van der Waals surface area (Å²) in [5.41, 5.74) is 1.83. The molecule has 0 aliphatic carbocycles. The SMILES string of the molecule is CC[C@@H](CNC(=O)c1ccccc1C)N1CCCC1. The third kappa shape index (κ3) is 3.57. The van der Waals surface area contributed by atoms with E-state index in [1.54, 1.807) is 0 Å². The van der Waals surface area contributed by atoms with Crippen LogP contribution >= 0.6 is 0 Å². The first-order valence-corrected chi connectivity index (χ1v) is 7.30. The average molecular weight is 260 g/mol. The van der Waals surface area contributed by atoms with Crippen molar-refractivity contribution in [1.29, 1.82) is 0 Å². The van der Waals surface area contributed by atoms with Crippen LogP contribution in [0.25, 0.3) is 0 Å². The van der Waals surface area contributed by atoms with E-state index in [1.165, 1.54) is 25.9 Å². The van der Waals surface area contributed by atoms with Gasteiger partial charge >= 0.3 is 0 Å². The van der Waals surface area contributed by atoms with E-state index in [-0.39, 0.29) is 5.91 Å². The van der Waals surface area contributed by atoms with Crippen LogP contribution in [0.3, 0.4) is 0 Å². The van der Waals surface area contributed by atoms with Crippen LogP contribution in [0, 0.1) is 6.92 Å². The fraction of sp³-hybridized carbons (Fsp3) is 0.562. The van der Waals surface area contributed by atoms with Crippen molar-refractivity contribution in [3.8, 4) is 0 Å². The van der Waals surface area contributed by atoms with Crippen LogP contribution in [-0.2, 0) is 0 Å². The monoisotopic (exact) mass is 260 g/mol. The number of amides is 1. The van der Waals surface area contributed by atoms with Gasteiger partial charge in [-0.2, -0.15) is 0 Å². The topological polar surface area (TPSA) is 32.3 Å². The molecule has 1 aliphatic rings. The van der Waals surface area contributed by atoms with E-state index in [4.69, 9.17) is 0 Å². The molecule has 1 fully saturated rings. The van der Waals surface area contributed by atoms with Gasteiger partial charge in [0.1, 0.15) is 0 Å². The lowest BCUT2D eigenvalue weighted by molar-refractivity contribution is 0.0936. The molecule has 0 unspecified atom stereocenters. The quantitative estimate of drug-likeness (QED) is 0.882. The van der Waals surface area contributed by atoms with Crippen LogP contribution in [0.5, 0.6) is 0 Å². The number of carbonyl (C=O) groups excluding carboxylic acids is 1. The largest absolute Gasteiger partial charge is 0.350 e. The van der Waals surface area contributed by atoms with Crippen molar-refractivity contribution in [3.05, 3.63) is 35.4 Å². The molecule has 1 aliphatic heterocycles. The molecule has 0 radical (unpaired) electrons. The predicted octanol–water partition coefficient (Wildman–Crippen LogP) is 2.60. The lowest BCUT2D eigenvalue weighted by Gasteiger charge is -2.26. The number of hydrogen-bond acceptors (Lipinski definition) is 2. The molecule has 3 nitrogen and oxygen atoms in total. The molecule has 1 heterocycles. The lowest BCUT2D eigenvalue weighted by atomic mass is 10.1. The number of rotatable bonds is 5. The maximum Gasteiger partial charge on any atom is 0.251 e. The van der Waals surface area contributed by atoms with Crippen LogP contribution < -0.4 is 5.32 Å². The smallest absolute Gasteiger partial charge is 0.251 e. The van der Waals surface area contributed by atoms with Gasteiger partial charge in [-0.05, 0) is 50.9 Å². The van der Waals surface area contributed by atoms with Gasteiger partial charge in [-0.15, -0.1) is 0 Å². The molecule has 0 bridgehead atoms. The summed E-state index contributed by atoms with van der Waals surface area (Å²) in [7, 11) is 0. The second-order valence-corrected chi connectivity index (χ2v) is 5.33. The molecule has 0 aromatic heterocycles. The first kappa shape index (κ1) is 14.1. The molecular formula is C16H24N2O. The van der Waals surface area contributed by atoms with Crippen molar-refractivity contribution in [1.82, 2.24) is 10.2 Å². The Morgan fingerprint density at radius 1 is 1.32 bits per heavy atom. The highest BCUT2D eigenvalue weighted by molar-refractivity contribution is 5.95. The van der Waals surface area contributed by atoms with Gasteiger partial charge in [0.25, 0.3) is 5.91 Å². The first-order chi connectivity index (χ1) is 9.22. The number of benzene rings is 1. The van der Waals surface area contributed by atoms with Gasteiger partial charge in [0.05, 0.1) is 0 Å². The molecule has 0 saturated carbocycles. The molecule has 1 aromatic rings. The van der Waals surface area contributed by atoms with Crippen LogP contribution in [0.2, 0.25) is 0 Å². The standard InChI is InChI=1S/C16H24N2O/c1-3-14(18-10-6-7-11-18)12-17-16(19)15-9-5-4-8-13(15)2/h4-5,8-9,14H,3,6-7,10-12H2,1-2H3,(H,17,19)/t14-/m0/s1. The number of carbonyl (C=O) groups is 1. The first-order valence-electron chi connectivity index (χ1n) is 7.30. The van der Waals surface area contributed by atoms with Crippen molar-refractivity contribution in [2.24, 2.45) is 0 Å². The van der Waals surface area contributed by atoms with E-state index in [2.05, 4.69) is 17.1 Å². The molecule has 1 atom stereocenters. The highest BCUT2D eigenvalue weighted by Crippen LogP contribution is 2.14. The Balaban J connectivity index is 1.90. The second kappa shape index (κ2) is 6.71. The minimum atomic E-state index is 0.0516. The maximum atomic E-state index is 12.2. The normalized spacial score (nSPS) is 17.4. The zero-order valence-corrected chi connectivity index (χ0v) is 12.0. The van der Waals surface area contributed by atoms with Gasteiger partial charge in [0, 0.05) is 18.2 Å². The molecular weight excluding hydrogens is 236 g/mol. The summed E-state index contributed by atoms with van der Waals surface area (Å²) in [5, 5.41) is 3.09. The highest BCUT2D eigenvalue weighted by Gasteiger charge is 2.21. The maximum absolute atomic E-state index is 12.2. The Bertz CT molecular complexity index is 425. The van der Waals surface area contributed by atoms with E-state index in [1.807, 2.05) is 31.2 Å². The number of likely N-dealkylation sites (tertiary alicyclic amines) is 1. The van der Waals surface area contributed by atoms with Crippen LogP contribution in [0.4, 0.5) is 0 Å². The van der Waals surface area contributed by atoms with E-state index >= 15 is 0 Å². The Morgan fingerprint density at radius 3 is 2.63 bits per heavy atom. The third-order valence-corrected chi connectivity index (χ3v) is 4.02. The Labute approximate surface area is 116 Å². The minimum absolute atomic E-state index is 0.0516. The zero-order valence-electron chi connectivity index (χ0n) is 12.0. The number of nitrogens with one attached hydrogen (secondary N) is 1. The Kier molecular flexibility index (Phi) is 4.97. The minimum Gasteiger partial charge on any atom is -0.350 e. The van der Waals surface area contributed by atoms with Crippen LogP contribution in [-0.4, -0.2) is 36.5 Å². The van der Waals surface area contributed by atoms with Crippen LogP contribution in [0.15, 0.2) is 24.3 Å². The van der Waals surface area contributed by atoms with E-state index in [9.17, 15) is 4.79 Å². The van der Waals surface area contributed by atoms with E-state index in [0.29, 0.717) is 6.04 Å². The molecule has 3 heteroatoms. The van der Waals surface area contributed by atoms with Gasteiger partial charge in [-0.1, -0.05) is 25.1 Å². The molecule has 19 heavy (non-hydrogen) atoms. The van der Waals surface area contributed by atoms with E-state index < -0.39 is 0 Å². The number of nitrogens with zero attached hydrogens (tertiary/aromatic N) is 1. The molecule has 1 saturated heterocycles. The van der Waals surface area contributed by atoms with Gasteiger partial charge < -0.3 is 5.32 Å². The van der Waals surface area contributed by atoms with Crippen molar-refractivity contribution in [3.63, 3.8) is 0 Å². The van der Waals surface area contributed by atoms with Crippen LogP contribution in [0.1, 0.15) is 42.1 Å². The third-order valence-electron chi connectivity index (χ3n) is 4.02. The highest BCUT2D eigenvalue weighted by atomic mass is 16.1. The summed E-state index contributed by atoms with van der Waals surface area (Å²) in [5.74, 6) is 0.0516. The molecule has 1 aromatic carbocycles. The lowest BCUT2D eigenvalue weighted by Crippen LogP contribution is -2.42. The molecule has 1 N–H and O–H groups in total. The molecule has 0 spiro atoms. The number of hydrogen-bond donors (Lipinski definition) is 1. The molecule has 1 amide bonds.